The molecule has 0 saturated carbocycles. The third kappa shape index (κ3) is 3.97. The number of nitrogens with zero attached hydrogens (tertiary/aromatic N) is 6. The molecule has 9 nitrogen and oxygen atoms in total. The van der Waals surface area contributed by atoms with Crippen molar-refractivity contribution in [3.8, 4) is 5.69 Å². The summed E-state index contributed by atoms with van der Waals surface area (Å²) in [5.74, 6) is 0.488. The smallest absolute Gasteiger partial charge is 0.260 e. The number of aromatic nitrogens is 5. The van der Waals surface area contributed by atoms with Crippen LogP contribution in [0.15, 0.2) is 53.6 Å². The van der Waals surface area contributed by atoms with Gasteiger partial charge in [0.05, 0.1) is 34.5 Å². The fourth-order valence-corrected chi connectivity index (χ4v) is 4.21. The lowest BCUT2D eigenvalue weighted by molar-refractivity contribution is 0.0766. The molecule has 1 N–H and O–H groups in total. The van der Waals surface area contributed by atoms with Gasteiger partial charge in [0.2, 0.25) is 5.95 Å². The minimum absolute atomic E-state index is 0.0594. The number of aromatic amines is 1. The van der Waals surface area contributed by atoms with E-state index >= 15 is 0 Å². The Morgan fingerprint density at radius 3 is 2.55 bits per heavy atom. The van der Waals surface area contributed by atoms with Crippen molar-refractivity contribution >= 4 is 22.8 Å². The van der Waals surface area contributed by atoms with Gasteiger partial charge in [-0.1, -0.05) is 12.1 Å². The molecular formula is C24H25N7O2. The van der Waals surface area contributed by atoms with Crippen molar-refractivity contribution in [1.82, 2.24) is 29.9 Å². The van der Waals surface area contributed by atoms with Crippen LogP contribution in [-0.2, 0) is 0 Å². The Balaban J connectivity index is 1.38. The highest BCUT2D eigenvalue weighted by molar-refractivity contribution is 5.97. The van der Waals surface area contributed by atoms with E-state index in [1.54, 1.807) is 18.5 Å². The molecule has 2 aromatic carbocycles. The van der Waals surface area contributed by atoms with E-state index in [4.69, 9.17) is 4.98 Å². The molecule has 0 bridgehead atoms. The lowest BCUT2D eigenvalue weighted by Gasteiger charge is -2.23. The first-order valence-corrected chi connectivity index (χ1v) is 11.0. The number of amides is 1. The number of nitrogens with one attached hydrogen (secondary N) is 1. The molecule has 1 aliphatic rings. The number of hydrogen-bond donors (Lipinski definition) is 1. The Morgan fingerprint density at radius 2 is 1.73 bits per heavy atom. The maximum atomic E-state index is 13.4. The molecule has 5 rings (SSSR count). The number of rotatable bonds is 3. The number of benzene rings is 2. The zero-order valence-corrected chi connectivity index (χ0v) is 18.7. The molecular weight excluding hydrogens is 418 g/mol. The number of fused-ring (bicyclic) bond motifs is 1. The van der Waals surface area contributed by atoms with Crippen molar-refractivity contribution in [2.75, 3.05) is 31.1 Å². The van der Waals surface area contributed by atoms with Gasteiger partial charge in [-0.3, -0.25) is 14.6 Å². The number of H-pyrrole nitrogens is 1. The maximum Gasteiger partial charge on any atom is 0.260 e. The molecule has 0 aliphatic carbocycles. The highest BCUT2D eigenvalue weighted by atomic mass is 16.2. The monoisotopic (exact) mass is 443 g/mol. The predicted octanol–water partition coefficient (Wildman–Crippen LogP) is 2.47. The molecule has 0 unspecified atom stereocenters. The maximum absolute atomic E-state index is 13.4. The molecule has 2 aromatic heterocycles. The fourth-order valence-electron chi connectivity index (χ4n) is 4.21. The number of carbonyl (C=O) groups excluding carboxylic acids is 1. The van der Waals surface area contributed by atoms with E-state index in [0.29, 0.717) is 54.3 Å². The minimum atomic E-state index is -0.143. The van der Waals surface area contributed by atoms with E-state index in [-0.39, 0.29) is 11.5 Å². The SMILES string of the molecule is Cc1cc2nc(N3CCCN(C(=O)c4ccccc4-n4nccn4)CC3)[nH]c(=O)c2cc1C. The Kier molecular flexibility index (Phi) is 5.37. The summed E-state index contributed by atoms with van der Waals surface area (Å²) >= 11 is 0. The third-order valence-electron chi connectivity index (χ3n) is 6.16. The summed E-state index contributed by atoms with van der Waals surface area (Å²) in [6.45, 7) is 6.42. The van der Waals surface area contributed by atoms with Crippen LogP contribution in [0.25, 0.3) is 16.6 Å². The summed E-state index contributed by atoms with van der Waals surface area (Å²) in [7, 11) is 0. The average Bonchev–Trinajstić information content (AvgIpc) is 3.24. The number of aryl methyl sites for hydroxylation is 2. The highest BCUT2D eigenvalue weighted by Gasteiger charge is 2.24. The molecule has 1 fully saturated rings. The van der Waals surface area contributed by atoms with Gasteiger partial charge in [-0.15, -0.1) is 0 Å². The molecule has 0 atom stereocenters. The van der Waals surface area contributed by atoms with E-state index in [1.807, 2.05) is 54.0 Å². The van der Waals surface area contributed by atoms with Gasteiger partial charge in [0.25, 0.3) is 11.5 Å². The average molecular weight is 444 g/mol. The molecule has 0 radical (unpaired) electrons. The van der Waals surface area contributed by atoms with Gasteiger partial charge in [-0.05, 0) is 55.7 Å². The Bertz CT molecular complexity index is 1380. The molecule has 168 valence electrons. The van der Waals surface area contributed by atoms with Crippen molar-refractivity contribution in [2.24, 2.45) is 0 Å². The standard InChI is InChI=1S/C24H25N7O2/c1-16-14-19-20(15-17(16)2)27-24(28-22(19)32)30-11-5-10-29(12-13-30)23(33)18-6-3-4-7-21(18)31-25-8-9-26-31/h3-4,6-9,14-15H,5,10-13H2,1-2H3,(H,27,28,32). The Labute approximate surface area is 190 Å². The topological polar surface area (TPSA) is 100 Å². The first kappa shape index (κ1) is 20.9. The zero-order valence-electron chi connectivity index (χ0n) is 18.7. The van der Waals surface area contributed by atoms with Crippen LogP contribution in [0, 0.1) is 13.8 Å². The molecule has 1 amide bonds. The molecule has 1 saturated heterocycles. The summed E-state index contributed by atoms with van der Waals surface area (Å²) in [6.07, 6.45) is 3.94. The van der Waals surface area contributed by atoms with Crippen molar-refractivity contribution in [3.63, 3.8) is 0 Å². The van der Waals surface area contributed by atoms with Crippen molar-refractivity contribution in [1.29, 1.82) is 0 Å². The van der Waals surface area contributed by atoms with E-state index in [9.17, 15) is 9.59 Å². The van der Waals surface area contributed by atoms with E-state index in [2.05, 4.69) is 15.2 Å². The number of anilines is 1. The summed E-state index contributed by atoms with van der Waals surface area (Å²) in [5, 5.41) is 8.94. The van der Waals surface area contributed by atoms with Crippen LogP contribution in [0.1, 0.15) is 27.9 Å². The Hall–Kier alpha value is -4.01. The van der Waals surface area contributed by atoms with Gasteiger partial charge in [0.1, 0.15) is 0 Å². The highest BCUT2D eigenvalue weighted by Crippen LogP contribution is 2.20. The third-order valence-corrected chi connectivity index (χ3v) is 6.16. The zero-order chi connectivity index (χ0) is 22.9. The first-order chi connectivity index (χ1) is 16.0. The Morgan fingerprint density at radius 1 is 0.970 bits per heavy atom. The second kappa shape index (κ2) is 8.50. The van der Waals surface area contributed by atoms with Gasteiger partial charge in [-0.2, -0.15) is 15.0 Å². The summed E-state index contributed by atoms with van der Waals surface area (Å²) < 4.78 is 0. The minimum Gasteiger partial charge on any atom is -0.340 e. The molecule has 1 aliphatic heterocycles. The normalized spacial score (nSPS) is 14.5. The van der Waals surface area contributed by atoms with E-state index in [1.165, 1.54) is 4.80 Å². The second-order valence-corrected chi connectivity index (χ2v) is 8.31. The van der Waals surface area contributed by atoms with Crippen LogP contribution in [0.3, 0.4) is 0 Å². The molecule has 9 heteroatoms. The summed E-state index contributed by atoms with van der Waals surface area (Å²) in [4.78, 5) is 39.1. The number of para-hydroxylation sites is 1. The van der Waals surface area contributed by atoms with Crippen LogP contribution in [0.5, 0.6) is 0 Å². The van der Waals surface area contributed by atoms with Gasteiger partial charge < -0.3 is 9.80 Å². The van der Waals surface area contributed by atoms with Gasteiger partial charge in [-0.25, -0.2) is 4.98 Å². The van der Waals surface area contributed by atoms with Crippen LogP contribution < -0.4 is 10.5 Å². The van der Waals surface area contributed by atoms with Gasteiger partial charge >= 0.3 is 0 Å². The van der Waals surface area contributed by atoms with Gasteiger partial charge in [0.15, 0.2) is 0 Å². The predicted molar refractivity (Wildman–Crippen MR) is 126 cm³/mol. The van der Waals surface area contributed by atoms with Crippen molar-refractivity contribution in [2.45, 2.75) is 20.3 Å². The summed E-state index contributed by atoms with van der Waals surface area (Å²) in [6, 6.07) is 11.2. The quantitative estimate of drug-likeness (QED) is 0.522. The van der Waals surface area contributed by atoms with Crippen LogP contribution in [0.4, 0.5) is 5.95 Å². The van der Waals surface area contributed by atoms with Crippen LogP contribution >= 0.6 is 0 Å². The number of carbonyl (C=O) groups is 1. The lowest BCUT2D eigenvalue weighted by Crippen LogP contribution is -2.36. The molecule has 3 heterocycles. The van der Waals surface area contributed by atoms with E-state index in [0.717, 1.165) is 17.5 Å². The van der Waals surface area contributed by atoms with E-state index < -0.39 is 0 Å². The van der Waals surface area contributed by atoms with Crippen molar-refractivity contribution in [3.05, 3.63) is 75.8 Å². The van der Waals surface area contributed by atoms with Crippen LogP contribution in [-0.4, -0.2) is 61.9 Å². The second-order valence-electron chi connectivity index (χ2n) is 8.31. The molecule has 33 heavy (non-hydrogen) atoms. The van der Waals surface area contributed by atoms with Gasteiger partial charge in [0, 0.05) is 26.2 Å². The van der Waals surface area contributed by atoms with Crippen molar-refractivity contribution < 1.29 is 4.79 Å². The molecule has 0 spiro atoms. The fraction of sp³-hybridized carbons (Fsp3) is 0.292. The largest absolute Gasteiger partial charge is 0.340 e. The number of hydrogen-bond acceptors (Lipinski definition) is 6. The summed E-state index contributed by atoms with van der Waals surface area (Å²) in [5.41, 5.74) is 3.93. The van der Waals surface area contributed by atoms with Crippen LogP contribution in [0.2, 0.25) is 0 Å². The first-order valence-electron chi connectivity index (χ1n) is 11.0. The molecule has 4 aromatic rings. The lowest BCUT2D eigenvalue weighted by atomic mass is 10.1.